The van der Waals surface area contributed by atoms with Crippen molar-refractivity contribution in [3.8, 4) is 11.5 Å². The van der Waals surface area contributed by atoms with Gasteiger partial charge in [0.05, 0.1) is 0 Å². The van der Waals surface area contributed by atoms with Gasteiger partial charge >= 0.3 is 0 Å². The molecule has 0 amide bonds. The molecule has 1 N–H and O–H groups in total. The Morgan fingerprint density at radius 2 is 1.71 bits per heavy atom. The summed E-state index contributed by atoms with van der Waals surface area (Å²) in [5, 5.41) is 18.4. The number of aromatic hydroxyl groups is 1. The monoisotopic (exact) mass is 285 g/mol. The highest BCUT2D eigenvalue weighted by atomic mass is 17.0. The molecular weight excluding hydrogens is 274 g/mol. The van der Waals surface area contributed by atoms with Gasteiger partial charge in [-0.15, -0.1) is 10.1 Å². The van der Waals surface area contributed by atoms with E-state index in [4.69, 9.17) is 5.11 Å². The van der Waals surface area contributed by atoms with Gasteiger partial charge < -0.3 is 5.11 Å². The first-order valence-corrected chi connectivity index (χ1v) is 5.98. The van der Waals surface area contributed by atoms with Gasteiger partial charge in [-0.1, -0.05) is 18.2 Å². The zero-order chi connectivity index (χ0) is 15.2. The predicted octanol–water partition coefficient (Wildman–Crippen LogP) is 2.86. The highest BCUT2D eigenvalue weighted by molar-refractivity contribution is 6.06. The summed E-state index contributed by atoms with van der Waals surface area (Å²) in [4.78, 5) is 26.3. The van der Waals surface area contributed by atoms with E-state index in [1.165, 1.54) is 42.5 Å². The van der Waals surface area contributed by atoms with Gasteiger partial charge in [0.25, 0.3) is 5.09 Å². The number of phenolic OH excluding ortho intramolecular Hbond substituents is 1. The van der Waals surface area contributed by atoms with Crippen LogP contribution in [0.4, 0.5) is 0 Å². The predicted molar refractivity (Wildman–Crippen MR) is 75.5 cm³/mol. The molecule has 6 nitrogen and oxygen atoms in total. The van der Waals surface area contributed by atoms with Gasteiger partial charge in [-0.3, -0.25) is 9.63 Å². The van der Waals surface area contributed by atoms with Crippen molar-refractivity contribution in [2.75, 3.05) is 0 Å². The van der Waals surface area contributed by atoms with Crippen LogP contribution in [0.15, 0.2) is 54.6 Å². The standard InChI is InChI=1S/C15H11NO5/c17-13-6-1-11(2-7-13)3-10-15(18)12-4-8-14(9-5-12)21-16(19)20/h1-10,17H. The van der Waals surface area contributed by atoms with Crippen LogP contribution in [0, 0.1) is 10.1 Å². The van der Waals surface area contributed by atoms with E-state index in [1.54, 1.807) is 18.2 Å². The summed E-state index contributed by atoms with van der Waals surface area (Å²) in [5.74, 6) is -0.0327. The highest BCUT2D eigenvalue weighted by Crippen LogP contribution is 2.14. The third-order valence-electron chi connectivity index (χ3n) is 2.64. The van der Waals surface area contributed by atoms with Crippen molar-refractivity contribution in [2.24, 2.45) is 0 Å². The topological polar surface area (TPSA) is 89.7 Å². The van der Waals surface area contributed by atoms with E-state index in [2.05, 4.69) is 4.84 Å². The van der Waals surface area contributed by atoms with Crippen LogP contribution in [0.5, 0.6) is 11.5 Å². The highest BCUT2D eigenvalue weighted by Gasteiger charge is 2.04. The average molecular weight is 285 g/mol. The maximum Gasteiger partial charge on any atom is 0.299 e. The summed E-state index contributed by atoms with van der Waals surface area (Å²) in [7, 11) is 0. The first-order valence-electron chi connectivity index (χ1n) is 5.98. The van der Waals surface area contributed by atoms with Crippen LogP contribution >= 0.6 is 0 Å². The molecule has 0 spiro atoms. The molecule has 0 aliphatic rings. The molecule has 0 atom stereocenters. The van der Waals surface area contributed by atoms with Crippen LogP contribution in [0.25, 0.3) is 6.08 Å². The number of phenols is 1. The lowest BCUT2D eigenvalue weighted by Crippen LogP contribution is -2.03. The van der Waals surface area contributed by atoms with Gasteiger partial charge in [0.2, 0.25) is 0 Å². The van der Waals surface area contributed by atoms with E-state index in [0.29, 0.717) is 5.56 Å². The van der Waals surface area contributed by atoms with Crippen molar-refractivity contribution in [3.63, 3.8) is 0 Å². The number of allylic oxidation sites excluding steroid dienone is 1. The Bertz CT molecular complexity index is 674. The molecule has 2 rings (SSSR count). The smallest absolute Gasteiger partial charge is 0.299 e. The summed E-state index contributed by atoms with van der Waals surface area (Å²) in [6.07, 6.45) is 3.00. The van der Waals surface area contributed by atoms with Crippen LogP contribution in [-0.4, -0.2) is 16.0 Å². The largest absolute Gasteiger partial charge is 0.508 e. The molecule has 0 radical (unpaired) electrons. The van der Waals surface area contributed by atoms with Gasteiger partial charge in [0.15, 0.2) is 5.78 Å². The number of nitrogens with zero attached hydrogens (tertiary/aromatic N) is 1. The molecule has 0 heterocycles. The molecule has 0 aliphatic heterocycles. The number of carbonyl (C=O) groups excluding carboxylic acids is 1. The van der Waals surface area contributed by atoms with Gasteiger partial charge in [-0.05, 0) is 48.0 Å². The summed E-state index contributed by atoms with van der Waals surface area (Å²) in [6.45, 7) is 0. The fourth-order valence-electron chi connectivity index (χ4n) is 1.62. The van der Waals surface area contributed by atoms with Gasteiger partial charge in [-0.25, -0.2) is 0 Å². The SMILES string of the molecule is O=C(C=Cc1ccc(O)cc1)c1ccc(O[N+](=O)[O-])cc1. The van der Waals surface area contributed by atoms with E-state index in [9.17, 15) is 14.9 Å². The Balaban J connectivity index is 2.06. The zero-order valence-electron chi connectivity index (χ0n) is 10.8. The minimum absolute atomic E-state index is 0.0547. The normalized spacial score (nSPS) is 10.5. The van der Waals surface area contributed by atoms with Crippen molar-refractivity contribution in [1.29, 1.82) is 0 Å². The van der Waals surface area contributed by atoms with E-state index < -0.39 is 5.09 Å². The zero-order valence-corrected chi connectivity index (χ0v) is 10.8. The maximum atomic E-state index is 11.9. The quantitative estimate of drug-likeness (QED) is 0.395. The van der Waals surface area contributed by atoms with Crippen LogP contribution in [-0.2, 0) is 0 Å². The van der Waals surface area contributed by atoms with Crippen molar-refractivity contribution in [1.82, 2.24) is 0 Å². The van der Waals surface area contributed by atoms with E-state index >= 15 is 0 Å². The molecule has 0 fully saturated rings. The minimum atomic E-state index is -0.915. The van der Waals surface area contributed by atoms with Gasteiger partial charge in [-0.2, -0.15) is 0 Å². The summed E-state index contributed by atoms with van der Waals surface area (Å²) in [5.41, 5.74) is 1.16. The molecular formula is C15H11NO5. The van der Waals surface area contributed by atoms with Crippen molar-refractivity contribution >= 4 is 11.9 Å². The summed E-state index contributed by atoms with van der Waals surface area (Å²) in [6, 6.07) is 12.0. The number of benzene rings is 2. The molecule has 21 heavy (non-hydrogen) atoms. The Hall–Kier alpha value is -3.15. The molecule has 0 bridgehead atoms. The second kappa shape index (κ2) is 6.33. The fraction of sp³-hybridized carbons (Fsp3) is 0. The Morgan fingerprint density at radius 3 is 2.29 bits per heavy atom. The lowest BCUT2D eigenvalue weighted by molar-refractivity contribution is -0.711. The van der Waals surface area contributed by atoms with Crippen molar-refractivity contribution in [3.05, 3.63) is 75.8 Å². The van der Waals surface area contributed by atoms with Crippen LogP contribution in [0.2, 0.25) is 0 Å². The molecule has 106 valence electrons. The van der Waals surface area contributed by atoms with Crippen molar-refractivity contribution in [2.45, 2.75) is 0 Å². The average Bonchev–Trinajstić information content (AvgIpc) is 2.46. The molecule has 0 saturated carbocycles. The third-order valence-corrected chi connectivity index (χ3v) is 2.64. The fourth-order valence-corrected chi connectivity index (χ4v) is 1.62. The third kappa shape index (κ3) is 4.17. The number of hydrogen-bond acceptors (Lipinski definition) is 5. The maximum absolute atomic E-state index is 11.9. The van der Waals surface area contributed by atoms with Crippen LogP contribution in [0.3, 0.4) is 0 Å². The van der Waals surface area contributed by atoms with Crippen LogP contribution < -0.4 is 4.84 Å². The van der Waals surface area contributed by atoms with Gasteiger partial charge in [0, 0.05) is 5.56 Å². The second-order valence-electron chi connectivity index (χ2n) is 4.13. The lowest BCUT2D eigenvalue weighted by Gasteiger charge is -1.99. The second-order valence-corrected chi connectivity index (χ2v) is 4.13. The minimum Gasteiger partial charge on any atom is -0.508 e. The molecule has 0 unspecified atom stereocenters. The molecule has 0 saturated heterocycles. The Kier molecular flexibility index (Phi) is 4.30. The van der Waals surface area contributed by atoms with Crippen molar-refractivity contribution < 1.29 is 19.8 Å². The molecule has 0 aliphatic carbocycles. The Labute approximate surface area is 120 Å². The Morgan fingerprint density at radius 1 is 1.10 bits per heavy atom. The lowest BCUT2D eigenvalue weighted by atomic mass is 10.1. The van der Waals surface area contributed by atoms with E-state index in [0.717, 1.165) is 5.56 Å². The summed E-state index contributed by atoms with van der Waals surface area (Å²) >= 11 is 0. The molecule has 2 aromatic rings. The first kappa shape index (κ1) is 14.3. The molecule has 6 heteroatoms. The van der Waals surface area contributed by atoms with Crippen LogP contribution in [0.1, 0.15) is 15.9 Å². The number of rotatable bonds is 5. The molecule has 2 aromatic carbocycles. The number of hydrogen-bond donors (Lipinski definition) is 1. The number of ketones is 1. The van der Waals surface area contributed by atoms with E-state index in [1.807, 2.05) is 0 Å². The number of carbonyl (C=O) groups is 1. The van der Waals surface area contributed by atoms with Gasteiger partial charge in [0.1, 0.15) is 11.5 Å². The summed E-state index contributed by atoms with van der Waals surface area (Å²) < 4.78 is 0. The van der Waals surface area contributed by atoms with E-state index in [-0.39, 0.29) is 17.3 Å². The first-order chi connectivity index (χ1) is 10.0. The molecule has 0 aromatic heterocycles.